The number of alkyl halides is 1. The Morgan fingerprint density at radius 1 is 1.48 bits per heavy atom. The van der Waals surface area contributed by atoms with Gasteiger partial charge in [0, 0.05) is 38.8 Å². The zero-order chi connectivity index (χ0) is 15.9. The van der Waals surface area contributed by atoms with Crippen LogP contribution in [0.5, 0.6) is 0 Å². The summed E-state index contributed by atoms with van der Waals surface area (Å²) in [6.45, 7) is 5.74. The quantitative estimate of drug-likeness (QED) is 0.611. The van der Waals surface area contributed by atoms with Gasteiger partial charge in [0.1, 0.15) is 4.90 Å². The third-order valence-corrected chi connectivity index (χ3v) is 4.97. The molecule has 0 unspecified atom stereocenters. The Labute approximate surface area is 132 Å². The van der Waals surface area contributed by atoms with Crippen molar-refractivity contribution in [3.63, 3.8) is 0 Å². The minimum Gasteiger partial charge on any atom is -0.383 e. The Kier molecular flexibility index (Phi) is 7.65. The molecule has 1 aromatic rings. The monoisotopic (exact) mass is 337 g/mol. The number of methoxy groups -OCH3 is 1. The first-order valence-electron chi connectivity index (χ1n) is 6.99. The van der Waals surface area contributed by atoms with Crippen molar-refractivity contribution in [2.24, 2.45) is 5.92 Å². The normalized spacial score (nSPS) is 12.5. The number of hydrogen-bond acceptors (Lipinski definition) is 4. The first-order chi connectivity index (χ1) is 9.91. The lowest BCUT2D eigenvalue weighted by molar-refractivity contribution is 0.175. The molecule has 1 heterocycles. The van der Waals surface area contributed by atoms with Crippen molar-refractivity contribution in [3.05, 3.63) is 12.4 Å². The van der Waals surface area contributed by atoms with E-state index in [2.05, 4.69) is 5.10 Å². The van der Waals surface area contributed by atoms with Crippen molar-refractivity contribution < 1.29 is 13.2 Å². The highest BCUT2D eigenvalue weighted by Crippen LogP contribution is 2.16. The SMILES string of the molecule is COCCN(CC(C)C)S(=O)(=O)c1cnn(CCCCl)c1. The van der Waals surface area contributed by atoms with Crippen LogP contribution in [0.3, 0.4) is 0 Å². The van der Waals surface area contributed by atoms with Crippen LogP contribution >= 0.6 is 11.6 Å². The van der Waals surface area contributed by atoms with Crippen molar-refractivity contribution in [2.45, 2.75) is 31.7 Å². The molecule has 0 amide bonds. The molecule has 0 N–H and O–H groups in total. The zero-order valence-electron chi connectivity index (χ0n) is 12.8. The summed E-state index contributed by atoms with van der Waals surface area (Å²) < 4.78 is 33.4. The van der Waals surface area contributed by atoms with Gasteiger partial charge in [0.05, 0.1) is 12.8 Å². The highest BCUT2D eigenvalue weighted by atomic mass is 35.5. The molecule has 0 aromatic carbocycles. The molecule has 0 spiro atoms. The third kappa shape index (κ3) is 5.58. The topological polar surface area (TPSA) is 64.4 Å². The van der Waals surface area contributed by atoms with E-state index in [9.17, 15) is 8.42 Å². The number of nitrogens with zero attached hydrogens (tertiary/aromatic N) is 3. The van der Waals surface area contributed by atoms with Gasteiger partial charge in [0.25, 0.3) is 0 Å². The third-order valence-electron chi connectivity index (χ3n) is 2.88. The fourth-order valence-electron chi connectivity index (χ4n) is 1.88. The van der Waals surface area contributed by atoms with E-state index in [-0.39, 0.29) is 10.8 Å². The molecule has 0 saturated carbocycles. The van der Waals surface area contributed by atoms with E-state index in [1.54, 1.807) is 18.0 Å². The molecule has 21 heavy (non-hydrogen) atoms. The van der Waals surface area contributed by atoms with Gasteiger partial charge in [-0.2, -0.15) is 9.40 Å². The summed E-state index contributed by atoms with van der Waals surface area (Å²) >= 11 is 5.63. The van der Waals surface area contributed by atoms with Crippen LogP contribution in [-0.2, 0) is 21.3 Å². The highest BCUT2D eigenvalue weighted by molar-refractivity contribution is 7.89. The van der Waals surface area contributed by atoms with Gasteiger partial charge in [-0.3, -0.25) is 4.68 Å². The van der Waals surface area contributed by atoms with Gasteiger partial charge in [-0.15, -0.1) is 11.6 Å². The summed E-state index contributed by atoms with van der Waals surface area (Å²) in [6, 6.07) is 0. The number of sulfonamides is 1. The molecule has 0 bridgehead atoms. The number of hydrogen-bond donors (Lipinski definition) is 0. The van der Waals surface area contributed by atoms with E-state index in [4.69, 9.17) is 16.3 Å². The highest BCUT2D eigenvalue weighted by Gasteiger charge is 2.26. The Bertz CT molecular complexity index is 516. The first kappa shape index (κ1) is 18.4. The lowest BCUT2D eigenvalue weighted by Crippen LogP contribution is -2.36. The number of aryl methyl sites for hydroxylation is 1. The molecule has 0 fully saturated rings. The fraction of sp³-hybridized carbons (Fsp3) is 0.769. The predicted molar refractivity (Wildman–Crippen MR) is 83.0 cm³/mol. The Morgan fingerprint density at radius 2 is 2.19 bits per heavy atom. The lowest BCUT2D eigenvalue weighted by Gasteiger charge is -2.22. The van der Waals surface area contributed by atoms with Crippen LogP contribution in [0.4, 0.5) is 0 Å². The molecule has 1 rings (SSSR count). The van der Waals surface area contributed by atoms with Gasteiger partial charge >= 0.3 is 0 Å². The van der Waals surface area contributed by atoms with Crippen molar-refractivity contribution >= 4 is 21.6 Å². The van der Waals surface area contributed by atoms with Gasteiger partial charge < -0.3 is 4.74 Å². The Balaban J connectivity index is 2.90. The standard InChI is InChI=1S/C13H24ClN3O3S/c1-12(2)10-17(7-8-20-3)21(18,19)13-9-15-16(11-13)6-4-5-14/h9,11-12H,4-8,10H2,1-3H3. The lowest BCUT2D eigenvalue weighted by atomic mass is 10.2. The molecule has 122 valence electrons. The number of halogens is 1. The van der Waals surface area contributed by atoms with Crippen LogP contribution in [0.1, 0.15) is 20.3 Å². The van der Waals surface area contributed by atoms with E-state index in [0.29, 0.717) is 32.1 Å². The molecular formula is C13H24ClN3O3S. The van der Waals surface area contributed by atoms with Crippen molar-refractivity contribution in [1.29, 1.82) is 0 Å². The first-order valence-corrected chi connectivity index (χ1v) is 8.96. The fourth-order valence-corrected chi connectivity index (χ4v) is 3.54. The maximum atomic E-state index is 12.7. The average molecular weight is 338 g/mol. The maximum absolute atomic E-state index is 12.7. The second-order valence-electron chi connectivity index (χ2n) is 5.23. The van der Waals surface area contributed by atoms with E-state index < -0.39 is 10.0 Å². The summed E-state index contributed by atoms with van der Waals surface area (Å²) in [6.07, 6.45) is 3.70. The Hall–Kier alpha value is -0.630. The van der Waals surface area contributed by atoms with Gasteiger partial charge in [-0.25, -0.2) is 8.42 Å². The van der Waals surface area contributed by atoms with Gasteiger partial charge in [-0.1, -0.05) is 13.8 Å². The van der Waals surface area contributed by atoms with Crippen molar-refractivity contribution in [1.82, 2.24) is 14.1 Å². The minimum absolute atomic E-state index is 0.217. The van der Waals surface area contributed by atoms with E-state index in [1.807, 2.05) is 13.8 Å². The minimum atomic E-state index is -3.54. The number of rotatable bonds is 10. The molecule has 8 heteroatoms. The average Bonchev–Trinajstić information content (AvgIpc) is 2.90. The molecule has 0 saturated heterocycles. The van der Waals surface area contributed by atoms with Crippen LogP contribution in [0.25, 0.3) is 0 Å². The second-order valence-corrected chi connectivity index (χ2v) is 7.55. The Morgan fingerprint density at radius 3 is 2.76 bits per heavy atom. The van der Waals surface area contributed by atoms with Crippen molar-refractivity contribution in [2.75, 3.05) is 32.7 Å². The smallest absolute Gasteiger partial charge is 0.246 e. The molecule has 0 radical (unpaired) electrons. The number of ether oxygens (including phenoxy) is 1. The van der Waals surface area contributed by atoms with Crippen LogP contribution in [-0.4, -0.2) is 55.2 Å². The van der Waals surface area contributed by atoms with Gasteiger partial charge in [0.2, 0.25) is 10.0 Å². The largest absolute Gasteiger partial charge is 0.383 e. The van der Waals surface area contributed by atoms with Crippen molar-refractivity contribution in [3.8, 4) is 0 Å². The summed E-state index contributed by atoms with van der Waals surface area (Å²) in [7, 11) is -1.98. The summed E-state index contributed by atoms with van der Waals surface area (Å²) in [5, 5.41) is 4.08. The van der Waals surface area contributed by atoms with E-state index in [1.165, 1.54) is 10.5 Å². The summed E-state index contributed by atoms with van der Waals surface area (Å²) in [4.78, 5) is 0.217. The molecule has 0 aliphatic rings. The molecular weight excluding hydrogens is 314 g/mol. The van der Waals surface area contributed by atoms with E-state index >= 15 is 0 Å². The maximum Gasteiger partial charge on any atom is 0.246 e. The molecule has 1 aromatic heterocycles. The predicted octanol–water partition coefficient (Wildman–Crippen LogP) is 1.81. The van der Waals surface area contributed by atoms with Gasteiger partial charge in [0.15, 0.2) is 0 Å². The summed E-state index contributed by atoms with van der Waals surface area (Å²) in [5.74, 6) is 0.762. The molecule has 6 nitrogen and oxygen atoms in total. The van der Waals surface area contributed by atoms with E-state index in [0.717, 1.165) is 6.42 Å². The van der Waals surface area contributed by atoms with Crippen LogP contribution in [0.15, 0.2) is 17.3 Å². The van der Waals surface area contributed by atoms with Crippen LogP contribution in [0, 0.1) is 5.92 Å². The zero-order valence-corrected chi connectivity index (χ0v) is 14.4. The molecule has 0 atom stereocenters. The molecule has 0 aliphatic heterocycles. The molecule has 0 aliphatic carbocycles. The van der Waals surface area contributed by atoms with Crippen LogP contribution < -0.4 is 0 Å². The summed E-state index contributed by atoms with van der Waals surface area (Å²) in [5.41, 5.74) is 0. The van der Waals surface area contributed by atoms with Gasteiger partial charge in [-0.05, 0) is 12.3 Å². The second kappa shape index (κ2) is 8.73. The number of aromatic nitrogens is 2. The van der Waals surface area contributed by atoms with Crippen LogP contribution in [0.2, 0.25) is 0 Å².